The molecule has 1 aliphatic rings. The molecule has 0 saturated carbocycles. The monoisotopic (exact) mass is 329 g/mol. The number of hydrogen-bond donors (Lipinski definition) is 1. The van der Waals surface area contributed by atoms with Gasteiger partial charge in [-0.15, -0.1) is 12.4 Å². The second kappa shape index (κ2) is 6.04. The van der Waals surface area contributed by atoms with Crippen LogP contribution in [0.15, 0.2) is 29.0 Å². The molecule has 1 saturated heterocycles. The van der Waals surface area contributed by atoms with Gasteiger partial charge in [-0.2, -0.15) is 0 Å². The molecule has 3 rings (SSSR count). The zero-order valence-electron chi connectivity index (χ0n) is 10.1. The lowest BCUT2D eigenvalue weighted by molar-refractivity contribution is 0.336. The minimum Gasteiger partial charge on any atom is -0.331 e. The van der Waals surface area contributed by atoms with Crippen LogP contribution in [0.3, 0.4) is 0 Å². The molecule has 0 spiro atoms. The van der Waals surface area contributed by atoms with E-state index in [1.54, 1.807) is 0 Å². The van der Waals surface area contributed by atoms with Crippen molar-refractivity contribution in [2.75, 3.05) is 13.1 Å². The molecule has 5 heteroatoms. The minimum atomic E-state index is 0. The van der Waals surface area contributed by atoms with Gasteiger partial charge in [-0.05, 0) is 59.9 Å². The Morgan fingerprint density at radius 2 is 2.17 bits per heavy atom. The maximum absolute atomic E-state index is 4.48. The highest BCUT2D eigenvalue weighted by atomic mass is 79.9. The summed E-state index contributed by atoms with van der Waals surface area (Å²) in [5.41, 5.74) is 1.10. The number of piperidine rings is 1. The minimum absolute atomic E-state index is 0. The first-order chi connectivity index (χ1) is 8.34. The Bertz CT molecular complexity index is 520. The molecule has 0 atom stereocenters. The molecule has 1 N–H and O–H groups in total. The summed E-state index contributed by atoms with van der Waals surface area (Å²) in [6, 6.07) is 4.10. The summed E-state index contributed by atoms with van der Waals surface area (Å²) < 4.78 is 3.43. The molecule has 0 aliphatic carbocycles. The van der Waals surface area contributed by atoms with Crippen LogP contribution in [0.5, 0.6) is 0 Å². The molecule has 3 heterocycles. The molecule has 0 bridgehead atoms. The second-order valence-corrected chi connectivity index (χ2v) is 5.55. The number of pyridine rings is 1. The Balaban J connectivity index is 0.00000120. The molecule has 1 aliphatic heterocycles. The van der Waals surface area contributed by atoms with Crippen LogP contribution < -0.4 is 5.32 Å². The average Bonchev–Trinajstić information content (AvgIpc) is 2.69. The number of rotatable bonds is 2. The molecule has 3 nitrogen and oxygen atoms in total. The standard InChI is InChI=1S/C13H16BrN3.ClH/c14-12-9-17(8-10-3-6-15-7-4-10)13-11(12)2-1-5-16-13;/h1-2,5,9-10,15H,3-4,6-8H2;1H. The summed E-state index contributed by atoms with van der Waals surface area (Å²) in [7, 11) is 0. The molecule has 0 amide bonds. The first-order valence-corrected chi connectivity index (χ1v) is 6.94. The van der Waals surface area contributed by atoms with Gasteiger partial charge in [-0.25, -0.2) is 4.98 Å². The van der Waals surface area contributed by atoms with E-state index >= 15 is 0 Å². The topological polar surface area (TPSA) is 29.9 Å². The van der Waals surface area contributed by atoms with Gasteiger partial charge in [0.05, 0.1) is 0 Å². The van der Waals surface area contributed by atoms with E-state index in [1.807, 2.05) is 12.3 Å². The van der Waals surface area contributed by atoms with E-state index in [-0.39, 0.29) is 12.4 Å². The van der Waals surface area contributed by atoms with Crippen molar-refractivity contribution in [1.82, 2.24) is 14.9 Å². The first kappa shape index (κ1) is 13.8. The van der Waals surface area contributed by atoms with Gasteiger partial charge < -0.3 is 9.88 Å². The average molecular weight is 331 g/mol. The van der Waals surface area contributed by atoms with Crippen LogP contribution in [0.2, 0.25) is 0 Å². The van der Waals surface area contributed by atoms with Crippen molar-refractivity contribution >= 4 is 39.4 Å². The third kappa shape index (κ3) is 2.71. The normalized spacial score (nSPS) is 16.7. The van der Waals surface area contributed by atoms with Gasteiger partial charge in [-0.1, -0.05) is 0 Å². The zero-order valence-corrected chi connectivity index (χ0v) is 12.5. The number of nitrogens with one attached hydrogen (secondary N) is 1. The molecule has 98 valence electrons. The highest BCUT2D eigenvalue weighted by Gasteiger charge is 2.15. The van der Waals surface area contributed by atoms with Crippen LogP contribution >= 0.6 is 28.3 Å². The highest BCUT2D eigenvalue weighted by Crippen LogP contribution is 2.26. The van der Waals surface area contributed by atoms with Crippen molar-refractivity contribution in [1.29, 1.82) is 0 Å². The molecular weight excluding hydrogens is 314 g/mol. The van der Waals surface area contributed by atoms with Crippen LogP contribution in [-0.4, -0.2) is 22.6 Å². The lowest BCUT2D eigenvalue weighted by Gasteiger charge is -2.23. The fourth-order valence-corrected chi connectivity index (χ4v) is 3.12. The van der Waals surface area contributed by atoms with Crippen LogP contribution in [-0.2, 0) is 6.54 Å². The number of hydrogen-bond acceptors (Lipinski definition) is 2. The van der Waals surface area contributed by atoms with Crippen molar-refractivity contribution in [3.8, 4) is 0 Å². The van der Waals surface area contributed by atoms with E-state index < -0.39 is 0 Å². The van der Waals surface area contributed by atoms with Gasteiger partial charge in [0, 0.05) is 28.8 Å². The SMILES string of the molecule is Brc1cn(CC2CCNCC2)c2ncccc12.Cl. The van der Waals surface area contributed by atoms with E-state index in [1.165, 1.54) is 18.2 Å². The summed E-state index contributed by atoms with van der Waals surface area (Å²) in [4.78, 5) is 4.48. The Morgan fingerprint density at radius 3 is 2.94 bits per heavy atom. The highest BCUT2D eigenvalue weighted by molar-refractivity contribution is 9.10. The predicted molar refractivity (Wildman–Crippen MR) is 80.3 cm³/mol. The number of halogens is 2. The van der Waals surface area contributed by atoms with Crippen molar-refractivity contribution in [3.05, 3.63) is 29.0 Å². The van der Waals surface area contributed by atoms with Crippen LogP contribution in [0, 0.1) is 5.92 Å². The maximum Gasteiger partial charge on any atom is 0.141 e. The summed E-state index contributed by atoms with van der Waals surface area (Å²) in [6.07, 6.45) is 6.57. The second-order valence-electron chi connectivity index (χ2n) is 4.70. The summed E-state index contributed by atoms with van der Waals surface area (Å²) in [6.45, 7) is 3.39. The van der Waals surface area contributed by atoms with Crippen molar-refractivity contribution in [2.45, 2.75) is 19.4 Å². The molecular formula is C13H17BrClN3. The van der Waals surface area contributed by atoms with Gasteiger partial charge in [0.15, 0.2) is 0 Å². The van der Waals surface area contributed by atoms with E-state index in [4.69, 9.17) is 0 Å². The van der Waals surface area contributed by atoms with Crippen molar-refractivity contribution < 1.29 is 0 Å². The largest absolute Gasteiger partial charge is 0.331 e. The molecule has 0 radical (unpaired) electrons. The van der Waals surface area contributed by atoms with E-state index in [0.29, 0.717) is 0 Å². The van der Waals surface area contributed by atoms with Gasteiger partial charge in [-0.3, -0.25) is 0 Å². The Morgan fingerprint density at radius 1 is 1.39 bits per heavy atom. The molecule has 1 fully saturated rings. The molecule has 18 heavy (non-hydrogen) atoms. The molecule has 2 aromatic rings. The Hall–Kier alpha value is -0.580. The first-order valence-electron chi connectivity index (χ1n) is 6.14. The molecule has 0 aromatic carbocycles. The quantitative estimate of drug-likeness (QED) is 0.916. The number of aromatic nitrogens is 2. The Labute approximate surface area is 122 Å². The van der Waals surface area contributed by atoms with Gasteiger partial charge in [0.25, 0.3) is 0 Å². The van der Waals surface area contributed by atoms with Gasteiger partial charge in [0.1, 0.15) is 5.65 Å². The van der Waals surface area contributed by atoms with E-state index in [0.717, 1.165) is 35.7 Å². The van der Waals surface area contributed by atoms with E-state index in [2.05, 4.69) is 43.1 Å². The van der Waals surface area contributed by atoms with E-state index in [9.17, 15) is 0 Å². The smallest absolute Gasteiger partial charge is 0.141 e. The third-order valence-electron chi connectivity index (χ3n) is 3.50. The van der Waals surface area contributed by atoms with Gasteiger partial charge in [0.2, 0.25) is 0 Å². The fraction of sp³-hybridized carbons (Fsp3) is 0.462. The van der Waals surface area contributed by atoms with Crippen LogP contribution in [0.1, 0.15) is 12.8 Å². The summed E-state index contributed by atoms with van der Waals surface area (Å²) in [5.74, 6) is 0.778. The summed E-state index contributed by atoms with van der Waals surface area (Å²) in [5, 5.41) is 4.62. The zero-order chi connectivity index (χ0) is 11.7. The predicted octanol–water partition coefficient (Wildman–Crippen LogP) is 3.22. The fourth-order valence-electron chi connectivity index (χ4n) is 2.56. The lowest BCUT2D eigenvalue weighted by Crippen LogP contribution is -2.29. The van der Waals surface area contributed by atoms with Crippen LogP contribution in [0.25, 0.3) is 11.0 Å². The maximum atomic E-state index is 4.48. The Kier molecular flexibility index (Phi) is 4.65. The third-order valence-corrected chi connectivity index (χ3v) is 4.13. The summed E-state index contributed by atoms with van der Waals surface area (Å²) >= 11 is 3.61. The molecule has 0 unspecified atom stereocenters. The lowest BCUT2D eigenvalue weighted by atomic mass is 9.98. The number of nitrogens with zero attached hydrogens (tertiary/aromatic N) is 2. The van der Waals surface area contributed by atoms with Crippen LogP contribution in [0.4, 0.5) is 0 Å². The van der Waals surface area contributed by atoms with Crippen molar-refractivity contribution in [2.24, 2.45) is 5.92 Å². The van der Waals surface area contributed by atoms with Crippen molar-refractivity contribution in [3.63, 3.8) is 0 Å². The van der Waals surface area contributed by atoms with Gasteiger partial charge >= 0.3 is 0 Å². The molecule has 2 aromatic heterocycles. The number of fused-ring (bicyclic) bond motifs is 1.